The maximum absolute atomic E-state index is 12.9. The predicted molar refractivity (Wildman–Crippen MR) is 94.2 cm³/mol. The van der Waals surface area contributed by atoms with Crippen LogP contribution in [0, 0.1) is 6.92 Å². The monoisotopic (exact) mass is 378 g/mol. The zero-order chi connectivity index (χ0) is 19.6. The van der Waals surface area contributed by atoms with Crippen LogP contribution in [0.25, 0.3) is 0 Å². The van der Waals surface area contributed by atoms with Gasteiger partial charge in [-0.05, 0) is 61.2 Å². The molecule has 0 amide bonds. The Labute approximate surface area is 155 Å². The lowest BCUT2D eigenvalue weighted by atomic mass is 9.90. The van der Waals surface area contributed by atoms with E-state index < -0.39 is 29.8 Å². The van der Waals surface area contributed by atoms with Crippen LogP contribution in [0.4, 0.5) is 13.2 Å². The van der Waals surface area contributed by atoms with E-state index in [-0.39, 0.29) is 0 Å². The molecular weight excluding hydrogens is 357 g/mol. The predicted octanol–water partition coefficient (Wildman–Crippen LogP) is 4.44. The standard InChI is InChI=1S/C20H21F3N2O2/c1-13-12-24-10-9-16(13)18(25-11-3-2-4-17(25)19(26)27)14-5-7-15(8-6-14)20(21,22)23/h5-10,12,17-18H,2-4,11H2,1H3,(H,26,27). The Morgan fingerprint density at radius 1 is 1.22 bits per heavy atom. The summed E-state index contributed by atoms with van der Waals surface area (Å²) in [4.78, 5) is 17.8. The van der Waals surface area contributed by atoms with Crippen molar-refractivity contribution in [2.75, 3.05) is 6.54 Å². The molecule has 1 aromatic heterocycles. The summed E-state index contributed by atoms with van der Waals surface area (Å²) in [6.07, 6.45) is 1.10. The van der Waals surface area contributed by atoms with Crippen molar-refractivity contribution in [1.82, 2.24) is 9.88 Å². The highest BCUT2D eigenvalue weighted by atomic mass is 19.4. The number of aromatic nitrogens is 1. The molecule has 1 aromatic carbocycles. The van der Waals surface area contributed by atoms with Gasteiger partial charge in [-0.15, -0.1) is 0 Å². The number of halogens is 3. The van der Waals surface area contributed by atoms with Gasteiger partial charge in [0.05, 0.1) is 11.6 Å². The average molecular weight is 378 g/mol. The number of rotatable bonds is 4. The second-order valence-corrected chi connectivity index (χ2v) is 6.84. The number of nitrogens with zero attached hydrogens (tertiary/aromatic N) is 2. The van der Waals surface area contributed by atoms with Gasteiger partial charge < -0.3 is 5.11 Å². The van der Waals surface area contributed by atoms with Crippen LogP contribution < -0.4 is 0 Å². The molecule has 0 spiro atoms. The summed E-state index contributed by atoms with van der Waals surface area (Å²) in [5, 5.41) is 9.67. The second-order valence-electron chi connectivity index (χ2n) is 6.84. The van der Waals surface area contributed by atoms with Crippen LogP contribution in [0.1, 0.15) is 47.6 Å². The Morgan fingerprint density at radius 3 is 2.52 bits per heavy atom. The molecule has 4 nitrogen and oxygen atoms in total. The molecule has 2 aromatic rings. The summed E-state index contributed by atoms with van der Waals surface area (Å²) >= 11 is 0. The molecule has 1 aliphatic heterocycles. The van der Waals surface area contributed by atoms with Crippen molar-refractivity contribution in [2.24, 2.45) is 0 Å². The molecule has 0 bridgehead atoms. The minimum Gasteiger partial charge on any atom is -0.480 e. The zero-order valence-electron chi connectivity index (χ0n) is 14.9. The van der Waals surface area contributed by atoms with Crippen LogP contribution in [-0.4, -0.2) is 33.5 Å². The number of alkyl halides is 3. The fraction of sp³-hybridized carbons (Fsp3) is 0.400. The third kappa shape index (κ3) is 4.13. The Hall–Kier alpha value is -2.41. The molecule has 1 aliphatic rings. The molecule has 1 saturated heterocycles. The van der Waals surface area contributed by atoms with Crippen molar-refractivity contribution in [3.8, 4) is 0 Å². The SMILES string of the molecule is Cc1cnccc1C(c1ccc(C(F)(F)F)cc1)N1CCCCC1C(=O)O. The first-order chi connectivity index (χ1) is 12.8. The number of carboxylic acid groups (broad SMARTS) is 1. The summed E-state index contributed by atoms with van der Waals surface area (Å²) in [6, 6.07) is 5.71. The van der Waals surface area contributed by atoms with Gasteiger partial charge >= 0.3 is 12.1 Å². The summed E-state index contributed by atoms with van der Waals surface area (Å²) < 4.78 is 38.8. The Bertz CT molecular complexity index is 806. The minimum absolute atomic E-state index is 0.434. The number of pyridine rings is 1. The smallest absolute Gasteiger partial charge is 0.416 e. The number of piperidine rings is 1. The first-order valence-corrected chi connectivity index (χ1v) is 8.85. The molecule has 144 valence electrons. The van der Waals surface area contributed by atoms with Gasteiger partial charge in [-0.3, -0.25) is 14.7 Å². The summed E-state index contributed by atoms with van der Waals surface area (Å²) in [6.45, 7) is 2.45. The van der Waals surface area contributed by atoms with E-state index in [0.29, 0.717) is 18.5 Å². The van der Waals surface area contributed by atoms with E-state index in [1.807, 2.05) is 17.9 Å². The maximum atomic E-state index is 12.9. The van der Waals surface area contributed by atoms with Gasteiger partial charge in [-0.2, -0.15) is 13.2 Å². The van der Waals surface area contributed by atoms with Crippen molar-refractivity contribution in [2.45, 2.75) is 44.4 Å². The number of likely N-dealkylation sites (tertiary alicyclic amines) is 1. The van der Waals surface area contributed by atoms with E-state index in [4.69, 9.17) is 0 Å². The van der Waals surface area contributed by atoms with Gasteiger partial charge in [0, 0.05) is 12.4 Å². The van der Waals surface area contributed by atoms with Crippen molar-refractivity contribution in [3.63, 3.8) is 0 Å². The van der Waals surface area contributed by atoms with Gasteiger partial charge in [0.2, 0.25) is 0 Å². The Kier molecular flexibility index (Phi) is 5.51. The first kappa shape index (κ1) is 19.4. The molecule has 1 fully saturated rings. The number of hydrogen-bond donors (Lipinski definition) is 1. The number of aliphatic carboxylic acids is 1. The van der Waals surface area contributed by atoms with Crippen molar-refractivity contribution in [1.29, 1.82) is 0 Å². The third-order valence-electron chi connectivity index (χ3n) is 5.07. The quantitative estimate of drug-likeness (QED) is 0.855. The van der Waals surface area contributed by atoms with E-state index in [2.05, 4.69) is 4.98 Å². The molecule has 7 heteroatoms. The molecule has 0 radical (unpaired) electrons. The number of hydrogen-bond acceptors (Lipinski definition) is 3. The number of carboxylic acids is 1. The lowest BCUT2D eigenvalue weighted by Gasteiger charge is -2.40. The third-order valence-corrected chi connectivity index (χ3v) is 5.07. The Balaban J connectivity index is 2.08. The van der Waals surface area contributed by atoms with Crippen LogP contribution in [0.15, 0.2) is 42.7 Å². The normalized spacial score (nSPS) is 19.6. The maximum Gasteiger partial charge on any atom is 0.416 e. The van der Waals surface area contributed by atoms with E-state index in [1.54, 1.807) is 12.4 Å². The lowest BCUT2D eigenvalue weighted by molar-refractivity contribution is -0.145. The van der Waals surface area contributed by atoms with Gasteiger partial charge in [0.15, 0.2) is 0 Å². The highest BCUT2D eigenvalue weighted by Crippen LogP contribution is 2.37. The summed E-state index contributed by atoms with van der Waals surface area (Å²) in [5.74, 6) is -0.904. The minimum atomic E-state index is -4.41. The van der Waals surface area contributed by atoms with Gasteiger partial charge in [0.1, 0.15) is 6.04 Å². The van der Waals surface area contributed by atoms with Crippen LogP contribution in [0.3, 0.4) is 0 Å². The molecule has 1 N–H and O–H groups in total. The largest absolute Gasteiger partial charge is 0.480 e. The number of aryl methyl sites for hydroxylation is 1. The van der Waals surface area contributed by atoms with Gasteiger partial charge in [-0.25, -0.2) is 0 Å². The zero-order valence-corrected chi connectivity index (χ0v) is 14.9. The van der Waals surface area contributed by atoms with E-state index in [0.717, 1.165) is 36.1 Å². The first-order valence-electron chi connectivity index (χ1n) is 8.85. The molecule has 0 saturated carbocycles. The summed E-state index contributed by atoms with van der Waals surface area (Å²) in [7, 11) is 0. The molecule has 3 rings (SSSR count). The fourth-order valence-electron chi connectivity index (χ4n) is 3.72. The van der Waals surface area contributed by atoms with E-state index >= 15 is 0 Å². The highest BCUT2D eigenvalue weighted by molar-refractivity contribution is 5.73. The molecule has 27 heavy (non-hydrogen) atoms. The fourth-order valence-corrected chi connectivity index (χ4v) is 3.72. The summed E-state index contributed by atoms with van der Waals surface area (Å²) in [5.41, 5.74) is 1.66. The second kappa shape index (κ2) is 7.68. The molecule has 0 aliphatic carbocycles. The van der Waals surface area contributed by atoms with Crippen molar-refractivity contribution >= 4 is 5.97 Å². The van der Waals surface area contributed by atoms with Gasteiger partial charge in [0.25, 0.3) is 0 Å². The van der Waals surface area contributed by atoms with Crippen LogP contribution >= 0.6 is 0 Å². The molecule has 2 heterocycles. The number of carbonyl (C=O) groups is 1. The highest BCUT2D eigenvalue weighted by Gasteiger charge is 2.36. The molecule has 2 unspecified atom stereocenters. The lowest BCUT2D eigenvalue weighted by Crippen LogP contribution is -2.47. The average Bonchev–Trinajstić information content (AvgIpc) is 2.63. The number of benzene rings is 1. The van der Waals surface area contributed by atoms with E-state index in [1.165, 1.54) is 12.1 Å². The Morgan fingerprint density at radius 2 is 1.93 bits per heavy atom. The van der Waals surface area contributed by atoms with E-state index in [9.17, 15) is 23.1 Å². The van der Waals surface area contributed by atoms with Gasteiger partial charge in [-0.1, -0.05) is 18.6 Å². The molecule has 2 atom stereocenters. The van der Waals surface area contributed by atoms with Crippen molar-refractivity contribution < 1.29 is 23.1 Å². The van der Waals surface area contributed by atoms with Crippen molar-refractivity contribution in [3.05, 3.63) is 65.0 Å². The molecular formula is C20H21F3N2O2. The van der Waals surface area contributed by atoms with Crippen LogP contribution in [0.2, 0.25) is 0 Å². The topological polar surface area (TPSA) is 53.4 Å². The van der Waals surface area contributed by atoms with Crippen LogP contribution in [0.5, 0.6) is 0 Å². The van der Waals surface area contributed by atoms with Crippen LogP contribution in [-0.2, 0) is 11.0 Å².